The summed E-state index contributed by atoms with van der Waals surface area (Å²) >= 11 is 0. The molecule has 18 heavy (non-hydrogen) atoms. The van der Waals surface area contributed by atoms with Gasteiger partial charge in [-0.15, -0.1) is 0 Å². The first kappa shape index (κ1) is 16.4. The van der Waals surface area contributed by atoms with Crippen molar-refractivity contribution in [2.75, 3.05) is 27.7 Å². The average Bonchev–Trinajstić information content (AvgIpc) is 2.38. The van der Waals surface area contributed by atoms with Gasteiger partial charge in [0.1, 0.15) is 5.75 Å². The molecule has 0 spiro atoms. The number of carbonyl (C=O) groups excluding carboxylic acids is 1. The molecule has 0 atom stereocenters. The highest BCUT2D eigenvalue weighted by atomic mass is 16.6. The number of aryl methyl sites for hydroxylation is 1. The number of rotatable bonds is 3. The highest BCUT2D eigenvalue weighted by Crippen LogP contribution is 2.14. The van der Waals surface area contributed by atoms with Crippen LogP contribution in [0.2, 0.25) is 0 Å². The Balaban J connectivity index is 0.000000873. The van der Waals surface area contributed by atoms with Crippen molar-refractivity contribution in [3.05, 3.63) is 29.8 Å². The van der Waals surface area contributed by atoms with E-state index in [1.54, 1.807) is 13.1 Å². The smallest absolute Gasteiger partial charge is 0.410 e. The highest BCUT2D eigenvalue weighted by molar-refractivity contribution is 5.70. The number of hydrogen-bond donors (Lipinski definition) is 1. The fourth-order valence-corrected chi connectivity index (χ4v) is 1.14. The van der Waals surface area contributed by atoms with Crippen LogP contribution in [0.15, 0.2) is 24.3 Å². The quantitative estimate of drug-likeness (QED) is 0.899. The zero-order valence-electron chi connectivity index (χ0n) is 12.0. The molecule has 1 N–H and O–H groups in total. The Labute approximate surface area is 110 Å². The van der Waals surface area contributed by atoms with E-state index in [9.17, 15) is 4.79 Å². The van der Waals surface area contributed by atoms with E-state index in [2.05, 4.69) is 12.2 Å². The van der Waals surface area contributed by atoms with E-state index < -0.39 is 0 Å². The van der Waals surface area contributed by atoms with E-state index in [4.69, 9.17) is 4.74 Å². The lowest BCUT2D eigenvalue weighted by Crippen LogP contribution is -2.29. The molecule has 0 heterocycles. The number of nitrogens with one attached hydrogen (secondary N) is 1. The Hall–Kier alpha value is -1.55. The van der Waals surface area contributed by atoms with Gasteiger partial charge < -0.3 is 15.0 Å². The highest BCUT2D eigenvalue weighted by Gasteiger charge is 2.08. The summed E-state index contributed by atoms with van der Waals surface area (Å²) in [7, 11) is 5.46. The van der Waals surface area contributed by atoms with Crippen LogP contribution >= 0.6 is 0 Å². The van der Waals surface area contributed by atoms with E-state index >= 15 is 0 Å². The van der Waals surface area contributed by atoms with Crippen LogP contribution in [0.3, 0.4) is 0 Å². The summed E-state index contributed by atoms with van der Waals surface area (Å²) < 4.78 is 5.20. The topological polar surface area (TPSA) is 41.6 Å². The molecule has 0 bridgehead atoms. The second kappa shape index (κ2) is 9.48. The fraction of sp³-hybridized carbons (Fsp3) is 0.500. The van der Waals surface area contributed by atoms with E-state index in [-0.39, 0.29) is 6.09 Å². The molecule has 1 rings (SSSR count). The Morgan fingerprint density at radius 2 is 1.94 bits per heavy atom. The van der Waals surface area contributed by atoms with Crippen molar-refractivity contribution >= 4 is 6.09 Å². The summed E-state index contributed by atoms with van der Waals surface area (Å²) in [6.07, 6.45) is 0.625. The van der Waals surface area contributed by atoms with Crippen molar-refractivity contribution in [1.29, 1.82) is 0 Å². The maximum Gasteiger partial charge on any atom is 0.414 e. The summed E-state index contributed by atoms with van der Waals surface area (Å²) in [5.74, 6) is 0.611. The van der Waals surface area contributed by atoms with Gasteiger partial charge in [-0.1, -0.05) is 19.1 Å². The van der Waals surface area contributed by atoms with E-state index in [0.717, 1.165) is 6.42 Å². The van der Waals surface area contributed by atoms with Crippen LogP contribution in [-0.4, -0.2) is 38.7 Å². The number of hydrogen-bond acceptors (Lipinski definition) is 3. The second-order valence-corrected chi connectivity index (χ2v) is 3.88. The summed E-state index contributed by atoms with van der Waals surface area (Å²) in [6.45, 7) is 4.62. The average molecular weight is 252 g/mol. The standard InChI is InChI=1S/C12H17NO2.C2H7N/c1-4-10-7-6-8-11(9-10)15-12(14)13(3)5-2;1-3-2/h6-9H,4-5H2,1-3H3;3H,1-2H3. The molecule has 0 fully saturated rings. The van der Waals surface area contributed by atoms with Crippen LogP contribution in [0.1, 0.15) is 19.4 Å². The largest absolute Gasteiger partial charge is 0.414 e. The molecule has 0 aliphatic heterocycles. The molecular formula is C14H24N2O2. The Kier molecular flexibility index (Phi) is 8.66. The van der Waals surface area contributed by atoms with E-state index in [1.165, 1.54) is 10.5 Å². The van der Waals surface area contributed by atoms with Crippen LogP contribution in [0.4, 0.5) is 4.79 Å². The van der Waals surface area contributed by atoms with Gasteiger partial charge in [-0.25, -0.2) is 4.79 Å². The van der Waals surface area contributed by atoms with Gasteiger partial charge in [-0.2, -0.15) is 0 Å². The molecule has 1 aromatic rings. The zero-order valence-corrected chi connectivity index (χ0v) is 12.0. The molecule has 4 heteroatoms. The van der Waals surface area contributed by atoms with Crippen LogP contribution in [0.5, 0.6) is 5.75 Å². The van der Waals surface area contributed by atoms with Crippen molar-refractivity contribution in [2.45, 2.75) is 20.3 Å². The fourth-order valence-electron chi connectivity index (χ4n) is 1.14. The van der Waals surface area contributed by atoms with Gasteiger partial charge in [0.05, 0.1) is 0 Å². The maximum atomic E-state index is 11.4. The van der Waals surface area contributed by atoms with Crippen LogP contribution in [0, 0.1) is 0 Å². The number of nitrogens with zero attached hydrogens (tertiary/aromatic N) is 1. The first-order valence-corrected chi connectivity index (χ1v) is 6.19. The Morgan fingerprint density at radius 3 is 2.44 bits per heavy atom. The predicted molar refractivity (Wildman–Crippen MR) is 75.1 cm³/mol. The molecule has 0 saturated carbocycles. The molecule has 4 nitrogen and oxygen atoms in total. The molecule has 0 radical (unpaired) electrons. The van der Waals surface area contributed by atoms with Crippen LogP contribution < -0.4 is 10.1 Å². The minimum absolute atomic E-state index is 0.314. The van der Waals surface area contributed by atoms with Gasteiger partial charge in [0.25, 0.3) is 0 Å². The van der Waals surface area contributed by atoms with Gasteiger partial charge in [0.15, 0.2) is 0 Å². The third-order valence-electron chi connectivity index (χ3n) is 2.30. The van der Waals surface area contributed by atoms with Crippen molar-refractivity contribution in [3.8, 4) is 5.75 Å². The number of benzene rings is 1. The number of carbonyl (C=O) groups is 1. The molecule has 102 valence electrons. The number of amides is 1. The molecule has 0 saturated heterocycles. The molecule has 1 aromatic carbocycles. The minimum Gasteiger partial charge on any atom is -0.410 e. The molecule has 0 aromatic heterocycles. The van der Waals surface area contributed by atoms with E-state index in [0.29, 0.717) is 12.3 Å². The van der Waals surface area contributed by atoms with E-state index in [1.807, 2.05) is 39.2 Å². The van der Waals surface area contributed by atoms with Crippen LogP contribution in [-0.2, 0) is 6.42 Å². The third kappa shape index (κ3) is 6.25. The van der Waals surface area contributed by atoms with Crippen molar-refractivity contribution in [2.24, 2.45) is 0 Å². The maximum absolute atomic E-state index is 11.4. The zero-order chi connectivity index (χ0) is 14.0. The first-order chi connectivity index (χ1) is 8.58. The molecule has 0 aliphatic carbocycles. The SMILES string of the molecule is CCc1cccc(OC(=O)N(C)CC)c1.CNC. The van der Waals surface area contributed by atoms with Gasteiger partial charge >= 0.3 is 6.09 Å². The first-order valence-electron chi connectivity index (χ1n) is 6.19. The van der Waals surface area contributed by atoms with Crippen molar-refractivity contribution in [3.63, 3.8) is 0 Å². The van der Waals surface area contributed by atoms with Crippen molar-refractivity contribution < 1.29 is 9.53 Å². The summed E-state index contributed by atoms with van der Waals surface area (Å²) in [4.78, 5) is 13.0. The van der Waals surface area contributed by atoms with Gasteiger partial charge in [-0.05, 0) is 45.1 Å². The molecule has 1 amide bonds. The lowest BCUT2D eigenvalue weighted by atomic mass is 10.2. The summed E-state index contributed by atoms with van der Waals surface area (Å²) in [5.41, 5.74) is 1.17. The lowest BCUT2D eigenvalue weighted by molar-refractivity contribution is 0.165. The Bertz CT molecular complexity index is 353. The van der Waals surface area contributed by atoms with Gasteiger partial charge in [0, 0.05) is 13.6 Å². The molecule has 0 unspecified atom stereocenters. The normalized spacial score (nSPS) is 9.17. The Morgan fingerprint density at radius 1 is 1.33 bits per heavy atom. The second-order valence-electron chi connectivity index (χ2n) is 3.88. The minimum atomic E-state index is -0.314. The van der Waals surface area contributed by atoms with Crippen molar-refractivity contribution in [1.82, 2.24) is 10.2 Å². The molecule has 0 aliphatic rings. The monoisotopic (exact) mass is 252 g/mol. The van der Waals surface area contributed by atoms with Crippen LogP contribution in [0.25, 0.3) is 0 Å². The third-order valence-corrected chi connectivity index (χ3v) is 2.30. The molecular weight excluding hydrogens is 228 g/mol. The predicted octanol–water partition coefficient (Wildman–Crippen LogP) is 2.54. The summed E-state index contributed by atoms with van der Waals surface area (Å²) in [5, 5.41) is 2.75. The van der Waals surface area contributed by atoms with Gasteiger partial charge in [0.2, 0.25) is 0 Å². The lowest BCUT2D eigenvalue weighted by Gasteiger charge is -2.14. The number of ether oxygens (including phenoxy) is 1. The summed E-state index contributed by atoms with van der Waals surface area (Å²) in [6, 6.07) is 7.59. The van der Waals surface area contributed by atoms with Gasteiger partial charge in [-0.3, -0.25) is 0 Å².